The maximum atomic E-state index is 4.14. The van der Waals surface area contributed by atoms with E-state index >= 15 is 0 Å². The maximum absolute atomic E-state index is 4.14. The minimum Gasteiger partial charge on any atom is -0.350 e. The van der Waals surface area contributed by atoms with Crippen LogP contribution in [0.15, 0.2) is 4.99 Å². The van der Waals surface area contributed by atoms with E-state index in [2.05, 4.69) is 34.4 Å². The van der Waals surface area contributed by atoms with Crippen molar-refractivity contribution >= 4 is 17.3 Å². The van der Waals surface area contributed by atoms with E-state index in [0.29, 0.717) is 12.5 Å². The molecule has 0 bridgehead atoms. The van der Waals surface area contributed by atoms with Crippen LogP contribution in [-0.2, 0) is 6.54 Å². The van der Waals surface area contributed by atoms with Crippen LogP contribution in [-0.4, -0.2) is 42.2 Å². The van der Waals surface area contributed by atoms with Gasteiger partial charge in [-0.1, -0.05) is 25.2 Å². The molecule has 0 aliphatic carbocycles. The first kappa shape index (κ1) is 12.9. The summed E-state index contributed by atoms with van der Waals surface area (Å²) < 4.78 is 0. The number of hydrogen-bond acceptors (Lipinski definition) is 4. The van der Waals surface area contributed by atoms with Crippen LogP contribution in [0.1, 0.15) is 29.8 Å². The fraction of sp³-hybridized carbons (Fsp3) is 0.700. The average molecular weight is 241 g/mol. The average Bonchev–Trinajstić information content (AvgIpc) is 2.67. The van der Waals surface area contributed by atoms with Gasteiger partial charge in [0.05, 0.1) is 6.54 Å². The van der Waals surface area contributed by atoms with Crippen LogP contribution in [0.2, 0.25) is 0 Å². The lowest BCUT2D eigenvalue weighted by molar-refractivity contribution is 0.582. The molecule has 0 amide bonds. The molecule has 0 fully saturated rings. The topological polar surface area (TPSA) is 53.4 Å². The molecule has 0 radical (unpaired) electrons. The van der Waals surface area contributed by atoms with E-state index in [4.69, 9.17) is 0 Å². The molecule has 1 N–H and O–H groups in total. The van der Waals surface area contributed by atoms with Crippen LogP contribution < -0.4 is 5.32 Å². The summed E-state index contributed by atoms with van der Waals surface area (Å²) in [5.41, 5.74) is 0. The molecular weight excluding hydrogens is 222 g/mol. The van der Waals surface area contributed by atoms with Crippen molar-refractivity contribution in [2.24, 2.45) is 4.99 Å². The highest BCUT2D eigenvalue weighted by Crippen LogP contribution is 2.18. The molecule has 0 atom stereocenters. The summed E-state index contributed by atoms with van der Waals surface area (Å²) in [6.45, 7) is 4.92. The van der Waals surface area contributed by atoms with Crippen LogP contribution in [0.3, 0.4) is 0 Å². The van der Waals surface area contributed by atoms with E-state index in [1.807, 2.05) is 19.0 Å². The second kappa shape index (κ2) is 5.79. The quantitative estimate of drug-likeness (QED) is 0.640. The number of nitrogens with zero attached hydrogens (tertiary/aromatic N) is 4. The van der Waals surface area contributed by atoms with E-state index in [9.17, 15) is 0 Å². The summed E-state index contributed by atoms with van der Waals surface area (Å²) in [6.07, 6.45) is 0. The van der Waals surface area contributed by atoms with E-state index in [1.54, 1.807) is 18.4 Å². The van der Waals surface area contributed by atoms with E-state index < -0.39 is 0 Å². The van der Waals surface area contributed by atoms with Gasteiger partial charge in [-0.05, 0) is 0 Å². The van der Waals surface area contributed by atoms with Crippen molar-refractivity contribution in [1.29, 1.82) is 0 Å². The minimum atomic E-state index is 0.444. The Morgan fingerprint density at radius 3 is 2.56 bits per heavy atom. The molecule has 0 aliphatic rings. The number of aliphatic imine (C=N–C) groups is 1. The van der Waals surface area contributed by atoms with Crippen molar-refractivity contribution in [1.82, 2.24) is 20.4 Å². The maximum Gasteiger partial charge on any atom is 0.193 e. The number of guanidine groups is 1. The Hall–Kier alpha value is -1.17. The Morgan fingerprint density at radius 1 is 1.44 bits per heavy atom. The predicted octanol–water partition coefficient (Wildman–Crippen LogP) is 1.30. The van der Waals surface area contributed by atoms with Gasteiger partial charge in [0.1, 0.15) is 10.0 Å². The highest BCUT2D eigenvalue weighted by molar-refractivity contribution is 7.11. The highest BCUT2D eigenvalue weighted by Gasteiger charge is 2.08. The predicted molar refractivity (Wildman–Crippen MR) is 67.9 cm³/mol. The van der Waals surface area contributed by atoms with Crippen LogP contribution in [0, 0.1) is 0 Å². The Kier molecular flexibility index (Phi) is 4.67. The van der Waals surface area contributed by atoms with Gasteiger partial charge >= 0.3 is 0 Å². The fourth-order valence-corrected chi connectivity index (χ4v) is 1.95. The zero-order valence-corrected chi connectivity index (χ0v) is 11.3. The van der Waals surface area contributed by atoms with Gasteiger partial charge in [0.2, 0.25) is 0 Å². The SMILES string of the molecule is CN=C(NCc1nnc(C(C)C)s1)N(C)C. The molecule has 0 unspecified atom stereocenters. The minimum absolute atomic E-state index is 0.444. The zero-order valence-electron chi connectivity index (χ0n) is 10.5. The van der Waals surface area contributed by atoms with Crippen LogP contribution >= 0.6 is 11.3 Å². The van der Waals surface area contributed by atoms with Gasteiger partial charge in [-0.2, -0.15) is 0 Å². The van der Waals surface area contributed by atoms with Gasteiger partial charge in [-0.25, -0.2) is 0 Å². The van der Waals surface area contributed by atoms with E-state index in [0.717, 1.165) is 16.0 Å². The smallest absolute Gasteiger partial charge is 0.193 e. The third-order valence-electron chi connectivity index (χ3n) is 2.01. The first-order chi connectivity index (χ1) is 7.54. The first-order valence-corrected chi connectivity index (χ1v) is 6.06. The first-order valence-electron chi connectivity index (χ1n) is 5.24. The van der Waals surface area contributed by atoms with Gasteiger partial charge in [0.25, 0.3) is 0 Å². The lowest BCUT2D eigenvalue weighted by Crippen LogP contribution is -2.35. The third kappa shape index (κ3) is 3.44. The Morgan fingerprint density at radius 2 is 2.12 bits per heavy atom. The van der Waals surface area contributed by atoms with Crippen molar-refractivity contribution in [2.75, 3.05) is 21.1 Å². The van der Waals surface area contributed by atoms with Gasteiger partial charge in [0.15, 0.2) is 5.96 Å². The molecule has 16 heavy (non-hydrogen) atoms. The van der Waals surface area contributed by atoms with Crippen molar-refractivity contribution in [2.45, 2.75) is 26.3 Å². The molecule has 0 aromatic carbocycles. The van der Waals surface area contributed by atoms with Gasteiger partial charge < -0.3 is 10.2 Å². The monoisotopic (exact) mass is 241 g/mol. The summed E-state index contributed by atoms with van der Waals surface area (Å²) in [4.78, 5) is 6.07. The zero-order chi connectivity index (χ0) is 12.1. The molecule has 0 saturated heterocycles. The standard InChI is InChI=1S/C10H19N5S/c1-7(2)9-14-13-8(16-9)6-12-10(11-3)15(4)5/h7H,6H2,1-5H3,(H,11,12). The normalized spacial score (nSPS) is 12.0. The van der Waals surface area contributed by atoms with E-state index in [-0.39, 0.29) is 0 Å². The van der Waals surface area contributed by atoms with Gasteiger partial charge in [-0.3, -0.25) is 4.99 Å². The second-order valence-electron chi connectivity index (χ2n) is 3.98. The Bertz CT molecular complexity index is 356. The number of hydrogen-bond donors (Lipinski definition) is 1. The Labute approximate surface area is 101 Å². The molecule has 5 nitrogen and oxygen atoms in total. The third-order valence-corrected chi connectivity index (χ3v) is 3.23. The second-order valence-corrected chi connectivity index (χ2v) is 5.08. The van der Waals surface area contributed by atoms with Crippen molar-refractivity contribution in [3.8, 4) is 0 Å². The molecule has 6 heteroatoms. The molecule has 90 valence electrons. The molecule has 1 aromatic heterocycles. The lowest BCUT2D eigenvalue weighted by Gasteiger charge is -2.15. The van der Waals surface area contributed by atoms with Crippen molar-refractivity contribution in [3.05, 3.63) is 10.0 Å². The summed E-state index contributed by atoms with van der Waals surface area (Å²) in [6, 6.07) is 0. The summed E-state index contributed by atoms with van der Waals surface area (Å²) in [5.74, 6) is 1.29. The molecule has 1 aromatic rings. The summed E-state index contributed by atoms with van der Waals surface area (Å²) >= 11 is 1.65. The molecule has 0 aliphatic heterocycles. The summed E-state index contributed by atoms with van der Waals surface area (Å²) in [5, 5.41) is 13.6. The molecular formula is C10H19N5S. The van der Waals surface area contributed by atoms with Crippen molar-refractivity contribution in [3.63, 3.8) is 0 Å². The highest BCUT2D eigenvalue weighted by atomic mass is 32.1. The molecule has 0 saturated carbocycles. The van der Waals surface area contributed by atoms with Crippen LogP contribution in [0.5, 0.6) is 0 Å². The van der Waals surface area contributed by atoms with Crippen molar-refractivity contribution < 1.29 is 0 Å². The summed E-state index contributed by atoms with van der Waals surface area (Å²) in [7, 11) is 5.67. The largest absolute Gasteiger partial charge is 0.350 e. The van der Waals surface area contributed by atoms with Crippen LogP contribution in [0.4, 0.5) is 0 Å². The fourth-order valence-electron chi connectivity index (χ4n) is 1.16. The molecule has 1 heterocycles. The number of aromatic nitrogens is 2. The molecule has 0 spiro atoms. The Balaban J connectivity index is 2.54. The van der Waals surface area contributed by atoms with Gasteiger partial charge in [-0.15, -0.1) is 10.2 Å². The van der Waals surface area contributed by atoms with Gasteiger partial charge in [0, 0.05) is 27.1 Å². The van der Waals surface area contributed by atoms with E-state index in [1.165, 1.54) is 0 Å². The number of nitrogens with one attached hydrogen (secondary N) is 1. The molecule has 1 rings (SSSR count). The lowest BCUT2D eigenvalue weighted by atomic mass is 10.2. The number of rotatable bonds is 3. The van der Waals surface area contributed by atoms with Crippen LogP contribution in [0.25, 0.3) is 0 Å².